The number of carbonyl (C=O) groups is 1. The second kappa shape index (κ2) is 5.96. The van der Waals surface area contributed by atoms with Gasteiger partial charge in [-0.3, -0.25) is 9.69 Å². The largest absolute Gasteiger partial charge is 0.332 e. The summed E-state index contributed by atoms with van der Waals surface area (Å²) in [5.74, 6) is 0.0932. The molecule has 2 aliphatic rings. The molecule has 2 aromatic rings. The molecule has 1 amide bonds. The molecule has 2 saturated heterocycles. The number of fused-ring (bicyclic) bond motifs is 1. The quantitative estimate of drug-likeness (QED) is 0.776. The molecule has 0 N–H and O–H groups in total. The van der Waals surface area contributed by atoms with E-state index in [0.29, 0.717) is 18.7 Å². The minimum atomic E-state index is -3.09. The Morgan fingerprint density at radius 1 is 1.12 bits per heavy atom. The molecule has 0 radical (unpaired) electrons. The number of hydrogen-bond acceptors (Lipinski definition) is 5. The minimum Gasteiger partial charge on any atom is -0.332 e. The van der Waals surface area contributed by atoms with Gasteiger partial charge in [0.2, 0.25) is 0 Å². The van der Waals surface area contributed by atoms with E-state index >= 15 is 0 Å². The predicted molar refractivity (Wildman–Crippen MR) is 93.5 cm³/mol. The SMILES string of the molecule is CN1CCN(C(=O)c2ccc(-n3ccnc3)cc2)[C@@H]2CS(=O)(=O)C[C@@H]21. The fraction of sp³-hybridized carbons (Fsp3) is 0.412. The lowest BCUT2D eigenvalue weighted by atomic mass is 10.0. The molecule has 132 valence electrons. The Morgan fingerprint density at radius 3 is 2.52 bits per heavy atom. The number of piperazine rings is 1. The first-order valence-corrected chi connectivity index (χ1v) is 10.1. The van der Waals surface area contributed by atoms with Gasteiger partial charge in [-0.1, -0.05) is 0 Å². The van der Waals surface area contributed by atoms with Crippen LogP contribution in [-0.2, 0) is 9.84 Å². The first-order valence-electron chi connectivity index (χ1n) is 8.25. The van der Waals surface area contributed by atoms with Gasteiger partial charge in [0.1, 0.15) is 0 Å². The highest BCUT2D eigenvalue weighted by molar-refractivity contribution is 7.91. The number of rotatable bonds is 2. The van der Waals surface area contributed by atoms with Crippen LogP contribution in [0.4, 0.5) is 0 Å². The second-order valence-corrected chi connectivity index (χ2v) is 8.86. The molecule has 1 aromatic carbocycles. The third-order valence-corrected chi connectivity index (χ3v) is 6.83. The summed E-state index contributed by atoms with van der Waals surface area (Å²) in [4.78, 5) is 20.8. The fourth-order valence-electron chi connectivity index (χ4n) is 3.73. The lowest BCUT2D eigenvalue weighted by Gasteiger charge is -2.42. The molecule has 4 rings (SSSR count). The number of likely N-dealkylation sites (N-methyl/N-ethyl adjacent to an activating group) is 1. The molecule has 25 heavy (non-hydrogen) atoms. The van der Waals surface area contributed by atoms with Crippen LogP contribution in [0.3, 0.4) is 0 Å². The number of aromatic nitrogens is 2. The first kappa shape index (κ1) is 16.3. The highest BCUT2D eigenvalue weighted by Crippen LogP contribution is 2.27. The van der Waals surface area contributed by atoms with Gasteiger partial charge in [0.15, 0.2) is 9.84 Å². The van der Waals surface area contributed by atoms with E-state index in [2.05, 4.69) is 9.88 Å². The number of carbonyl (C=O) groups excluding carboxylic acids is 1. The summed E-state index contributed by atoms with van der Waals surface area (Å²) in [5, 5.41) is 0. The molecule has 7 nitrogen and oxygen atoms in total. The molecule has 0 saturated carbocycles. The number of sulfone groups is 1. The van der Waals surface area contributed by atoms with Gasteiger partial charge in [0.25, 0.3) is 5.91 Å². The van der Waals surface area contributed by atoms with Gasteiger partial charge in [-0.15, -0.1) is 0 Å². The molecule has 0 unspecified atom stereocenters. The van der Waals surface area contributed by atoms with Crippen molar-refractivity contribution in [2.24, 2.45) is 0 Å². The second-order valence-electron chi connectivity index (χ2n) is 6.71. The number of benzene rings is 1. The van der Waals surface area contributed by atoms with E-state index in [1.807, 2.05) is 29.9 Å². The highest BCUT2D eigenvalue weighted by atomic mass is 32.2. The van der Waals surface area contributed by atoms with Crippen LogP contribution in [0.25, 0.3) is 5.69 Å². The first-order chi connectivity index (χ1) is 11.9. The van der Waals surface area contributed by atoms with Crippen molar-refractivity contribution in [3.63, 3.8) is 0 Å². The van der Waals surface area contributed by atoms with Crippen molar-refractivity contribution in [1.82, 2.24) is 19.4 Å². The van der Waals surface area contributed by atoms with Crippen molar-refractivity contribution >= 4 is 15.7 Å². The van der Waals surface area contributed by atoms with Crippen molar-refractivity contribution < 1.29 is 13.2 Å². The Hall–Kier alpha value is -2.19. The normalized spacial score (nSPS) is 25.7. The van der Waals surface area contributed by atoms with Crippen LogP contribution in [0, 0.1) is 0 Å². The monoisotopic (exact) mass is 360 g/mol. The molecule has 2 aliphatic heterocycles. The summed E-state index contributed by atoms with van der Waals surface area (Å²) in [6.45, 7) is 1.24. The average molecular weight is 360 g/mol. The summed E-state index contributed by atoms with van der Waals surface area (Å²) in [7, 11) is -1.16. The zero-order valence-corrected chi connectivity index (χ0v) is 14.8. The summed E-state index contributed by atoms with van der Waals surface area (Å²) in [6, 6.07) is 6.95. The molecular weight excluding hydrogens is 340 g/mol. The zero-order valence-electron chi connectivity index (χ0n) is 13.9. The maximum Gasteiger partial charge on any atom is 0.254 e. The van der Waals surface area contributed by atoms with Gasteiger partial charge in [-0.05, 0) is 31.3 Å². The van der Waals surface area contributed by atoms with Gasteiger partial charge in [-0.2, -0.15) is 0 Å². The number of hydrogen-bond donors (Lipinski definition) is 0. The molecule has 8 heteroatoms. The fourth-order valence-corrected chi connectivity index (χ4v) is 5.79. The molecule has 2 fully saturated rings. The van der Waals surface area contributed by atoms with Crippen molar-refractivity contribution in [2.45, 2.75) is 12.1 Å². The highest BCUT2D eigenvalue weighted by Gasteiger charge is 2.46. The van der Waals surface area contributed by atoms with Gasteiger partial charge < -0.3 is 9.47 Å². The summed E-state index contributed by atoms with van der Waals surface area (Å²) < 4.78 is 26.0. The Bertz CT molecular complexity index is 877. The summed E-state index contributed by atoms with van der Waals surface area (Å²) in [5.41, 5.74) is 1.50. The molecule has 0 bridgehead atoms. The van der Waals surface area contributed by atoms with E-state index in [1.54, 1.807) is 29.6 Å². The standard InChI is InChI=1S/C17H20N4O3S/c1-19-8-9-21(16-11-25(23,24)10-15(16)19)17(22)13-2-4-14(5-3-13)20-7-6-18-12-20/h2-7,12,15-16H,8-11H2,1H3/t15-,16+/m0/s1. The smallest absolute Gasteiger partial charge is 0.254 e. The number of amides is 1. The molecule has 1 aromatic heterocycles. The summed E-state index contributed by atoms with van der Waals surface area (Å²) in [6.07, 6.45) is 5.24. The molecule has 0 aliphatic carbocycles. The Kier molecular flexibility index (Phi) is 3.88. The van der Waals surface area contributed by atoms with E-state index < -0.39 is 9.84 Å². The van der Waals surface area contributed by atoms with Gasteiger partial charge in [0, 0.05) is 42.8 Å². The number of nitrogens with zero attached hydrogens (tertiary/aromatic N) is 4. The lowest BCUT2D eigenvalue weighted by molar-refractivity contribution is 0.0410. The molecule has 2 atom stereocenters. The van der Waals surface area contributed by atoms with Crippen LogP contribution in [0.15, 0.2) is 43.0 Å². The van der Waals surface area contributed by atoms with Crippen LogP contribution >= 0.6 is 0 Å². The van der Waals surface area contributed by atoms with Crippen molar-refractivity contribution in [3.05, 3.63) is 48.5 Å². The minimum absolute atomic E-state index is 0.0564. The van der Waals surface area contributed by atoms with Gasteiger partial charge in [0.05, 0.1) is 23.9 Å². The zero-order chi connectivity index (χ0) is 17.6. The molecular formula is C17H20N4O3S. The number of imidazole rings is 1. The molecule has 3 heterocycles. The van der Waals surface area contributed by atoms with Crippen molar-refractivity contribution in [3.8, 4) is 5.69 Å². The Morgan fingerprint density at radius 2 is 1.84 bits per heavy atom. The predicted octanol–water partition coefficient (Wildman–Crippen LogP) is 0.426. The van der Waals surface area contributed by atoms with Crippen LogP contribution < -0.4 is 0 Å². The maximum absolute atomic E-state index is 13.0. The van der Waals surface area contributed by atoms with Crippen LogP contribution in [0.5, 0.6) is 0 Å². The average Bonchev–Trinajstić information content (AvgIpc) is 3.22. The van der Waals surface area contributed by atoms with Crippen LogP contribution in [-0.4, -0.2) is 77.4 Å². The Labute approximate surface area is 146 Å². The Balaban J connectivity index is 1.58. The lowest BCUT2D eigenvalue weighted by Crippen LogP contribution is -2.59. The third-order valence-electron chi connectivity index (χ3n) is 5.13. The van der Waals surface area contributed by atoms with E-state index in [9.17, 15) is 13.2 Å². The van der Waals surface area contributed by atoms with Crippen molar-refractivity contribution in [1.29, 1.82) is 0 Å². The van der Waals surface area contributed by atoms with E-state index in [1.165, 1.54) is 0 Å². The van der Waals surface area contributed by atoms with E-state index in [-0.39, 0.29) is 29.5 Å². The maximum atomic E-state index is 13.0. The van der Waals surface area contributed by atoms with Crippen LogP contribution in [0.1, 0.15) is 10.4 Å². The van der Waals surface area contributed by atoms with E-state index in [0.717, 1.165) is 5.69 Å². The topological polar surface area (TPSA) is 75.5 Å². The third kappa shape index (κ3) is 2.96. The van der Waals surface area contributed by atoms with Gasteiger partial charge in [-0.25, -0.2) is 13.4 Å². The summed E-state index contributed by atoms with van der Waals surface area (Å²) >= 11 is 0. The molecule has 0 spiro atoms. The van der Waals surface area contributed by atoms with E-state index in [4.69, 9.17) is 0 Å². The van der Waals surface area contributed by atoms with Crippen molar-refractivity contribution in [2.75, 3.05) is 31.6 Å². The van der Waals surface area contributed by atoms with Crippen LogP contribution in [0.2, 0.25) is 0 Å². The van der Waals surface area contributed by atoms with Gasteiger partial charge >= 0.3 is 0 Å².